The van der Waals surface area contributed by atoms with Crippen LogP contribution >= 0.6 is 0 Å². The molecule has 1 N–H and O–H groups in total. The molecule has 0 saturated carbocycles. The number of ether oxygens (including phenoxy) is 1. The molecule has 1 aromatic heterocycles. The highest BCUT2D eigenvalue weighted by Crippen LogP contribution is 2.19. The Morgan fingerprint density at radius 3 is 2.81 bits per heavy atom. The number of aliphatic hydroxyl groups is 1. The van der Waals surface area contributed by atoms with Gasteiger partial charge in [-0.05, 0) is 17.5 Å². The highest BCUT2D eigenvalue weighted by atomic mass is 16.5. The third kappa shape index (κ3) is 1.54. The van der Waals surface area contributed by atoms with E-state index in [1.54, 1.807) is 10.8 Å². The third-order valence-electron chi connectivity index (χ3n) is 2.38. The van der Waals surface area contributed by atoms with Gasteiger partial charge in [-0.25, -0.2) is 4.79 Å². The van der Waals surface area contributed by atoms with E-state index in [0.717, 1.165) is 17.2 Å². The molecule has 0 aliphatic rings. The Balaban J connectivity index is 2.59. The van der Waals surface area contributed by atoms with Crippen LogP contribution in [0.15, 0.2) is 42.8 Å². The van der Waals surface area contributed by atoms with E-state index in [9.17, 15) is 4.79 Å². The number of carbonyl (C=O) groups is 1. The normalized spacial score (nSPS) is 11.7. The molecule has 4 heteroatoms. The summed E-state index contributed by atoms with van der Waals surface area (Å²) in [7, 11) is 1.28. The number of rotatable bonds is 2. The van der Waals surface area contributed by atoms with Crippen molar-refractivity contribution in [2.45, 2.75) is 0 Å². The van der Waals surface area contributed by atoms with Crippen molar-refractivity contribution in [3.05, 3.63) is 42.8 Å². The van der Waals surface area contributed by atoms with Gasteiger partial charge in [-0.2, -0.15) is 0 Å². The maximum absolute atomic E-state index is 11.4. The number of fused-ring (bicyclic) bond motifs is 1. The fourth-order valence-electron chi connectivity index (χ4n) is 1.61. The van der Waals surface area contributed by atoms with Crippen LogP contribution in [0, 0.1) is 0 Å². The number of hydrogen-bond donors (Lipinski definition) is 1. The standard InChI is InChI=1S/C12H11NO3/c1-16-12(15)11(8-14)13-7-6-9-4-2-3-5-10(9)13/h2-8,14H,1H3. The molecule has 2 rings (SSSR count). The Hall–Kier alpha value is -2.23. The second-order valence-corrected chi connectivity index (χ2v) is 3.25. The van der Waals surface area contributed by atoms with Gasteiger partial charge in [0.05, 0.1) is 12.6 Å². The molecule has 0 fully saturated rings. The summed E-state index contributed by atoms with van der Waals surface area (Å²) in [6.45, 7) is 0. The van der Waals surface area contributed by atoms with Gasteiger partial charge in [0.1, 0.15) is 6.26 Å². The fourth-order valence-corrected chi connectivity index (χ4v) is 1.61. The second kappa shape index (κ2) is 4.10. The van der Waals surface area contributed by atoms with E-state index in [1.165, 1.54) is 7.11 Å². The average Bonchev–Trinajstić information content (AvgIpc) is 2.74. The zero-order valence-electron chi connectivity index (χ0n) is 8.75. The lowest BCUT2D eigenvalue weighted by Gasteiger charge is -2.06. The first-order valence-electron chi connectivity index (χ1n) is 4.77. The molecule has 1 aromatic carbocycles. The Morgan fingerprint density at radius 1 is 1.38 bits per heavy atom. The first-order chi connectivity index (χ1) is 7.77. The van der Waals surface area contributed by atoms with Gasteiger partial charge in [0.2, 0.25) is 0 Å². The molecular formula is C12H11NO3. The van der Waals surface area contributed by atoms with Crippen molar-refractivity contribution in [2.75, 3.05) is 7.11 Å². The molecule has 4 nitrogen and oxygen atoms in total. The number of para-hydroxylation sites is 1. The van der Waals surface area contributed by atoms with Crippen LogP contribution in [0.25, 0.3) is 16.6 Å². The van der Waals surface area contributed by atoms with Crippen LogP contribution < -0.4 is 0 Å². The minimum absolute atomic E-state index is 0.0868. The molecule has 0 saturated heterocycles. The summed E-state index contributed by atoms with van der Waals surface area (Å²) in [5, 5.41) is 10.1. The van der Waals surface area contributed by atoms with E-state index in [4.69, 9.17) is 5.11 Å². The van der Waals surface area contributed by atoms with Gasteiger partial charge in [0, 0.05) is 6.20 Å². The maximum atomic E-state index is 11.4. The van der Waals surface area contributed by atoms with Gasteiger partial charge in [0.15, 0.2) is 5.70 Å². The smallest absolute Gasteiger partial charge is 0.358 e. The van der Waals surface area contributed by atoms with E-state index in [2.05, 4.69) is 4.74 Å². The van der Waals surface area contributed by atoms with Gasteiger partial charge < -0.3 is 14.4 Å². The summed E-state index contributed by atoms with van der Waals surface area (Å²) in [5.74, 6) is -0.580. The van der Waals surface area contributed by atoms with Gasteiger partial charge in [-0.3, -0.25) is 0 Å². The Labute approximate surface area is 92.4 Å². The average molecular weight is 217 g/mol. The number of hydrogen-bond acceptors (Lipinski definition) is 3. The predicted molar refractivity (Wildman–Crippen MR) is 60.9 cm³/mol. The van der Waals surface area contributed by atoms with Gasteiger partial charge in [-0.1, -0.05) is 18.2 Å². The molecule has 0 aliphatic heterocycles. The van der Waals surface area contributed by atoms with Crippen LogP contribution in [0.2, 0.25) is 0 Å². The molecule has 1 heterocycles. The number of aliphatic hydroxyl groups excluding tert-OH is 1. The van der Waals surface area contributed by atoms with E-state index in [-0.39, 0.29) is 5.70 Å². The zero-order chi connectivity index (χ0) is 11.5. The molecule has 0 spiro atoms. The molecule has 0 bridgehead atoms. The summed E-state index contributed by atoms with van der Waals surface area (Å²) in [5.41, 5.74) is 0.928. The van der Waals surface area contributed by atoms with Crippen LogP contribution in [0.3, 0.4) is 0 Å². The number of nitrogens with zero attached hydrogens (tertiary/aromatic N) is 1. The molecule has 0 radical (unpaired) electrons. The lowest BCUT2D eigenvalue weighted by molar-refractivity contribution is -0.134. The van der Waals surface area contributed by atoms with Crippen molar-refractivity contribution in [1.29, 1.82) is 0 Å². The summed E-state index contributed by atoms with van der Waals surface area (Å²) in [4.78, 5) is 11.4. The monoisotopic (exact) mass is 217 g/mol. The van der Waals surface area contributed by atoms with Crippen LogP contribution in [-0.4, -0.2) is 22.8 Å². The second-order valence-electron chi connectivity index (χ2n) is 3.25. The van der Waals surface area contributed by atoms with Crippen LogP contribution in [0.1, 0.15) is 0 Å². The van der Waals surface area contributed by atoms with Crippen LogP contribution in [-0.2, 0) is 9.53 Å². The molecule has 82 valence electrons. The largest absolute Gasteiger partial charge is 0.513 e. The van der Waals surface area contributed by atoms with Crippen molar-refractivity contribution in [3.8, 4) is 0 Å². The van der Waals surface area contributed by atoms with Crippen LogP contribution in [0.5, 0.6) is 0 Å². The highest BCUT2D eigenvalue weighted by molar-refractivity contribution is 6.11. The molecule has 2 aromatic rings. The number of esters is 1. The molecule has 0 amide bonds. The highest BCUT2D eigenvalue weighted by Gasteiger charge is 2.13. The van der Waals surface area contributed by atoms with Crippen LogP contribution in [0.4, 0.5) is 0 Å². The van der Waals surface area contributed by atoms with Crippen molar-refractivity contribution in [2.24, 2.45) is 0 Å². The van der Waals surface area contributed by atoms with E-state index in [0.29, 0.717) is 0 Å². The first-order valence-corrected chi connectivity index (χ1v) is 4.77. The number of methoxy groups -OCH3 is 1. The molecular weight excluding hydrogens is 206 g/mol. The number of aromatic nitrogens is 1. The van der Waals surface area contributed by atoms with Gasteiger partial charge in [0.25, 0.3) is 0 Å². The maximum Gasteiger partial charge on any atom is 0.358 e. The third-order valence-corrected chi connectivity index (χ3v) is 2.38. The summed E-state index contributed by atoms with van der Waals surface area (Å²) >= 11 is 0. The molecule has 0 atom stereocenters. The quantitative estimate of drug-likeness (QED) is 0.476. The minimum Gasteiger partial charge on any atom is -0.513 e. The molecule has 16 heavy (non-hydrogen) atoms. The van der Waals surface area contributed by atoms with Crippen molar-refractivity contribution < 1.29 is 14.6 Å². The summed E-state index contributed by atoms with van der Waals surface area (Å²) in [6, 6.07) is 9.43. The minimum atomic E-state index is -0.580. The molecule has 0 unspecified atom stereocenters. The first kappa shape index (κ1) is 10.3. The van der Waals surface area contributed by atoms with E-state index >= 15 is 0 Å². The Kier molecular flexibility index (Phi) is 2.64. The SMILES string of the molecule is COC(=O)C(=CO)n1ccc2ccccc21. The lowest BCUT2D eigenvalue weighted by Crippen LogP contribution is -2.09. The number of benzene rings is 1. The number of carbonyl (C=O) groups excluding carboxylic acids is 1. The summed E-state index contributed by atoms with van der Waals surface area (Å²) in [6.07, 6.45) is 2.46. The van der Waals surface area contributed by atoms with Gasteiger partial charge >= 0.3 is 5.97 Å². The van der Waals surface area contributed by atoms with E-state index < -0.39 is 5.97 Å². The van der Waals surface area contributed by atoms with E-state index in [1.807, 2.05) is 30.3 Å². The molecule has 0 aliphatic carbocycles. The summed E-state index contributed by atoms with van der Waals surface area (Å²) < 4.78 is 6.17. The lowest BCUT2D eigenvalue weighted by atomic mass is 10.2. The Morgan fingerprint density at radius 2 is 2.12 bits per heavy atom. The zero-order valence-corrected chi connectivity index (χ0v) is 8.75. The predicted octanol–water partition coefficient (Wildman–Crippen LogP) is 2.17. The topological polar surface area (TPSA) is 51.5 Å². The van der Waals surface area contributed by atoms with Gasteiger partial charge in [-0.15, -0.1) is 0 Å². The fraction of sp³-hybridized carbons (Fsp3) is 0.0833. The van der Waals surface area contributed by atoms with Crippen molar-refractivity contribution >= 4 is 22.6 Å². The Bertz CT molecular complexity index is 554. The van der Waals surface area contributed by atoms with Crippen molar-refractivity contribution in [1.82, 2.24) is 4.57 Å². The van der Waals surface area contributed by atoms with Crippen molar-refractivity contribution in [3.63, 3.8) is 0 Å².